The minimum atomic E-state index is -3.45. The normalized spacial score (nSPS) is 16.5. The number of unbranched alkanes of at least 4 members (excludes halogenated alkanes) is 2. The number of hydrogen-bond donors (Lipinski definition) is 1. The van der Waals surface area contributed by atoms with Crippen LogP contribution in [0.3, 0.4) is 0 Å². The summed E-state index contributed by atoms with van der Waals surface area (Å²) in [7, 11) is -4.69. The number of ether oxygens (including phenoxy) is 2. The van der Waals surface area contributed by atoms with Gasteiger partial charge >= 0.3 is 6.03 Å². The van der Waals surface area contributed by atoms with Gasteiger partial charge in [-0.1, -0.05) is 32.1 Å². The molecule has 2 aliphatic rings. The number of benzene rings is 1. The molecule has 0 aromatic heterocycles. The number of nitrogens with zero attached hydrogens (tertiary/aromatic N) is 2. The summed E-state index contributed by atoms with van der Waals surface area (Å²) in [6.07, 6.45) is 4.34. The van der Waals surface area contributed by atoms with E-state index in [9.17, 15) is 22.4 Å². The number of sulfonamides is 1. The van der Waals surface area contributed by atoms with Gasteiger partial charge in [0.1, 0.15) is 13.3 Å². The number of halogens is 1. The van der Waals surface area contributed by atoms with Gasteiger partial charge in [-0.25, -0.2) is 27.2 Å². The van der Waals surface area contributed by atoms with Gasteiger partial charge in [0.15, 0.2) is 11.6 Å². The molecule has 0 bridgehead atoms. The van der Waals surface area contributed by atoms with Crippen LogP contribution in [0.4, 0.5) is 9.18 Å². The van der Waals surface area contributed by atoms with Crippen LogP contribution in [0.25, 0.3) is 0 Å². The van der Waals surface area contributed by atoms with Gasteiger partial charge in [-0.2, -0.15) is 0 Å². The summed E-state index contributed by atoms with van der Waals surface area (Å²) in [5.41, 5.74) is 0.806. The Hall–Kier alpha value is -2.02. The van der Waals surface area contributed by atoms with Gasteiger partial charge in [0.05, 0.1) is 12.4 Å². The fraction of sp³-hybridized carbons (Fsp3) is 0.692. The van der Waals surface area contributed by atoms with Crippen LogP contribution in [0.5, 0.6) is 5.75 Å². The summed E-state index contributed by atoms with van der Waals surface area (Å²) in [5.74, 6) is 0.0388. The average Bonchev–Trinajstić information content (AvgIpc) is 3.62. The Labute approximate surface area is 227 Å². The van der Waals surface area contributed by atoms with Crippen LogP contribution >= 0.6 is 0 Å². The highest BCUT2D eigenvalue weighted by atomic mass is 32.2. The van der Waals surface area contributed by atoms with Gasteiger partial charge in [-0.05, 0) is 61.8 Å². The topological polar surface area (TPSA) is 105 Å². The van der Waals surface area contributed by atoms with Crippen molar-refractivity contribution in [2.75, 3.05) is 45.3 Å². The zero-order chi connectivity index (χ0) is 27.8. The molecular weight excluding hydrogens is 529 g/mol. The predicted molar refractivity (Wildman–Crippen MR) is 147 cm³/mol. The largest absolute Gasteiger partial charge is 0.490 e. The molecule has 9 nitrogen and oxygen atoms in total. The van der Waals surface area contributed by atoms with Crippen molar-refractivity contribution in [2.45, 2.75) is 64.2 Å². The Bertz CT molecular complexity index is 1060. The van der Waals surface area contributed by atoms with Gasteiger partial charge in [-0.15, -0.1) is 0 Å². The molecule has 0 unspecified atom stereocenters. The molecule has 3 rings (SSSR count). The molecule has 0 radical (unpaired) electrons. The van der Waals surface area contributed by atoms with Crippen LogP contribution in [-0.4, -0.2) is 83.6 Å². The van der Waals surface area contributed by atoms with E-state index < -0.39 is 23.9 Å². The van der Waals surface area contributed by atoms with Gasteiger partial charge < -0.3 is 14.4 Å². The van der Waals surface area contributed by atoms with Gasteiger partial charge in [-0.3, -0.25) is 4.79 Å². The number of carbonyl (C=O) groups is 2. The molecule has 1 aromatic rings. The minimum Gasteiger partial charge on any atom is -0.490 e. The first kappa shape index (κ1) is 30.5. The number of nitrogens with one attached hydrogen (secondary N) is 1. The van der Waals surface area contributed by atoms with E-state index in [0.29, 0.717) is 51.4 Å². The average molecular weight is 572 g/mol. The Balaban J connectivity index is 1.29. The lowest BCUT2D eigenvalue weighted by Crippen LogP contribution is -2.35. The number of amides is 3. The lowest BCUT2D eigenvalue weighted by molar-refractivity contribution is -0.128. The van der Waals surface area contributed by atoms with E-state index in [1.807, 2.05) is 0 Å². The quantitative estimate of drug-likeness (QED) is 0.163. The summed E-state index contributed by atoms with van der Waals surface area (Å²) < 4.78 is 52.3. The minimum absolute atomic E-state index is 0.0178. The molecule has 1 saturated heterocycles. The van der Waals surface area contributed by atoms with Crippen LogP contribution < -0.4 is 9.46 Å². The number of hydrogen-bond acceptors (Lipinski definition) is 6. The van der Waals surface area contributed by atoms with Crippen molar-refractivity contribution in [3.05, 3.63) is 29.6 Å². The summed E-state index contributed by atoms with van der Waals surface area (Å²) in [6, 6.07) is 5.24. The molecule has 2 fully saturated rings. The molecule has 3 amide bonds. The van der Waals surface area contributed by atoms with Gasteiger partial charge in [0.2, 0.25) is 10.0 Å². The number of carbonyl (C=O) groups excluding carboxylic acids is 2. The first-order chi connectivity index (χ1) is 17.9. The maximum absolute atomic E-state index is 13.9. The monoisotopic (exact) mass is 571 g/mol. The highest BCUT2D eigenvalue weighted by molar-refractivity contribution is 7.89. The van der Waals surface area contributed by atoms with Crippen molar-refractivity contribution in [3.8, 4) is 5.75 Å². The Kier molecular flexibility index (Phi) is 11.1. The molecule has 1 N–H and O–H groups in total. The highest BCUT2D eigenvalue weighted by Crippen LogP contribution is 2.30. The van der Waals surface area contributed by atoms with E-state index in [-0.39, 0.29) is 43.3 Å². The Morgan fingerprint density at radius 3 is 2.61 bits per heavy atom. The fourth-order valence-corrected chi connectivity index (χ4v) is 5.83. The molecule has 0 spiro atoms. The third-order valence-corrected chi connectivity index (χ3v) is 9.76. The first-order valence-electron chi connectivity index (χ1n) is 13.5. The molecule has 1 aliphatic heterocycles. The van der Waals surface area contributed by atoms with Crippen LogP contribution in [0, 0.1) is 11.7 Å². The van der Waals surface area contributed by atoms with E-state index in [1.54, 1.807) is 12.1 Å². The van der Waals surface area contributed by atoms with Crippen LogP contribution in [0.2, 0.25) is 25.7 Å². The van der Waals surface area contributed by atoms with Crippen molar-refractivity contribution in [2.24, 2.45) is 5.92 Å². The van der Waals surface area contributed by atoms with Gasteiger partial charge in [0.25, 0.3) is 5.91 Å². The fourth-order valence-electron chi connectivity index (χ4n) is 3.93. The maximum atomic E-state index is 13.9. The second kappa shape index (κ2) is 13.9. The first-order valence-corrected chi connectivity index (χ1v) is 18.8. The number of urea groups is 1. The third kappa shape index (κ3) is 10.6. The van der Waals surface area contributed by atoms with Crippen molar-refractivity contribution in [3.63, 3.8) is 0 Å². The van der Waals surface area contributed by atoms with Crippen LogP contribution in [0.1, 0.15) is 37.7 Å². The molecule has 12 heteroatoms. The van der Waals surface area contributed by atoms with E-state index in [2.05, 4.69) is 24.4 Å². The predicted octanol–water partition coefficient (Wildman–Crippen LogP) is 3.82. The maximum Gasteiger partial charge on any atom is 0.329 e. The molecule has 214 valence electrons. The lowest BCUT2D eigenvalue weighted by Gasteiger charge is -2.19. The summed E-state index contributed by atoms with van der Waals surface area (Å²) >= 11 is 0. The number of rotatable bonds is 18. The molecule has 1 saturated carbocycles. The highest BCUT2D eigenvalue weighted by Gasteiger charge is 2.35. The van der Waals surface area contributed by atoms with Crippen molar-refractivity contribution in [1.82, 2.24) is 14.5 Å². The Morgan fingerprint density at radius 1 is 1.13 bits per heavy atom. The molecular formula is C26H42FN3O6SSi. The van der Waals surface area contributed by atoms with E-state index >= 15 is 0 Å². The third-order valence-electron chi connectivity index (χ3n) is 6.59. The summed E-state index contributed by atoms with van der Waals surface area (Å²) in [4.78, 5) is 27.3. The smallest absolute Gasteiger partial charge is 0.329 e. The van der Waals surface area contributed by atoms with Crippen LogP contribution in [-0.2, 0) is 26.0 Å². The zero-order valence-corrected chi connectivity index (χ0v) is 24.7. The standard InChI is InChI=1S/C26H42FN3O6SSi/c1-38(2,3)16-14-35-20-30-25(31)18-29(26(30)32)13-5-4-6-15-37(33,34)28-12-11-21-9-10-23(27)24(17-21)36-19-22-7-8-22/h9-10,17,22,28H,4-8,11-16,18-20H2,1-3H3. The van der Waals surface area contributed by atoms with E-state index in [1.165, 1.54) is 11.0 Å². The second-order valence-electron chi connectivity index (χ2n) is 11.4. The summed E-state index contributed by atoms with van der Waals surface area (Å²) in [6.45, 7) is 8.40. The Morgan fingerprint density at radius 2 is 1.89 bits per heavy atom. The van der Waals surface area contributed by atoms with Gasteiger partial charge in [0, 0.05) is 27.8 Å². The van der Waals surface area contributed by atoms with E-state index in [4.69, 9.17) is 9.47 Å². The van der Waals surface area contributed by atoms with E-state index in [0.717, 1.165) is 29.3 Å². The lowest BCUT2D eigenvalue weighted by atomic mass is 10.1. The SMILES string of the molecule is C[Si](C)(C)CCOCN1C(=O)CN(CCCCCS(=O)(=O)NCCc2ccc(F)c(OCC3CC3)c2)C1=O. The molecule has 0 atom stereocenters. The number of imide groups is 1. The second-order valence-corrected chi connectivity index (χ2v) is 19.0. The van der Waals surface area contributed by atoms with Crippen molar-refractivity contribution >= 4 is 30.0 Å². The summed E-state index contributed by atoms with van der Waals surface area (Å²) in [5, 5.41) is 0. The molecule has 1 aliphatic carbocycles. The van der Waals surface area contributed by atoms with Crippen LogP contribution in [0.15, 0.2) is 18.2 Å². The zero-order valence-electron chi connectivity index (χ0n) is 22.8. The van der Waals surface area contributed by atoms with Crippen molar-refractivity contribution in [1.29, 1.82) is 0 Å². The molecule has 38 heavy (non-hydrogen) atoms. The van der Waals surface area contributed by atoms with Crippen molar-refractivity contribution < 1.29 is 31.9 Å². The molecule has 1 heterocycles. The molecule has 1 aromatic carbocycles.